The van der Waals surface area contributed by atoms with Gasteiger partial charge in [-0.2, -0.15) is 0 Å². The van der Waals surface area contributed by atoms with E-state index in [1.165, 1.54) is 12.2 Å². The number of fused-ring (bicyclic) bond motifs is 1. The van der Waals surface area contributed by atoms with Crippen molar-refractivity contribution >= 4 is 40.4 Å². The third-order valence-corrected chi connectivity index (χ3v) is 4.19. The molecule has 0 saturated carbocycles. The number of carbonyl (C=O) groups excluding carboxylic acids is 2. The highest BCUT2D eigenvalue weighted by molar-refractivity contribution is 6.02. The molecule has 0 spiro atoms. The molecule has 0 aliphatic carbocycles. The predicted molar refractivity (Wildman–Crippen MR) is 99.7 cm³/mol. The first-order valence-corrected chi connectivity index (χ1v) is 8.44. The highest BCUT2D eigenvalue weighted by Crippen LogP contribution is 2.24. The topological polar surface area (TPSA) is 75.4 Å². The molecule has 1 aromatic heterocycles. The molecule has 6 heteroatoms. The van der Waals surface area contributed by atoms with Crippen LogP contribution in [0.4, 0.5) is 11.4 Å². The molecular formula is C20H17N3O3. The Morgan fingerprint density at radius 3 is 2.88 bits per heavy atom. The Hall–Kier alpha value is -3.41. The van der Waals surface area contributed by atoms with E-state index < -0.39 is 0 Å². The largest absolute Gasteiger partial charge is 0.437 e. The lowest BCUT2D eigenvalue weighted by atomic mass is 10.2. The van der Waals surface area contributed by atoms with Crippen molar-refractivity contribution in [2.75, 3.05) is 16.8 Å². The molecule has 130 valence electrons. The van der Waals surface area contributed by atoms with Crippen molar-refractivity contribution in [2.45, 2.75) is 12.8 Å². The van der Waals surface area contributed by atoms with Crippen LogP contribution in [0.25, 0.3) is 17.2 Å². The van der Waals surface area contributed by atoms with Crippen molar-refractivity contribution in [1.29, 1.82) is 0 Å². The van der Waals surface area contributed by atoms with E-state index in [1.807, 2.05) is 36.4 Å². The van der Waals surface area contributed by atoms with Crippen molar-refractivity contribution in [3.05, 3.63) is 60.5 Å². The van der Waals surface area contributed by atoms with Crippen molar-refractivity contribution in [3.8, 4) is 0 Å². The molecule has 1 saturated heterocycles. The van der Waals surface area contributed by atoms with E-state index in [-0.39, 0.29) is 11.8 Å². The molecule has 1 N–H and O–H groups in total. The Labute approximate surface area is 150 Å². The van der Waals surface area contributed by atoms with Crippen molar-refractivity contribution in [3.63, 3.8) is 0 Å². The highest BCUT2D eigenvalue weighted by Gasteiger charge is 2.21. The fourth-order valence-electron chi connectivity index (χ4n) is 2.96. The van der Waals surface area contributed by atoms with Crippen LogP contribution >= 0.6 is 0 Å². The fourth-order valence-corrected chi connectivity index (χ4v) is 2.96. The first-order valence-electron chi connectivity index (χ1n) is 8.44. The summed E-state index contributed by atoms with van der Waals surface area (Å²) >= 11 is 0. The molecule has 2 aromatic carbocycles. The van der Waals surface area contributed by atoms with Crippen molar-refractivity contribution < 1.29 is 14.0 Å². The van der Waals surface area contributed by atoms with Crippen LogP contribution in [-0.2, 0) is 9.59 Å². The van der Waals surface area contributed by atoms with Gasteiger partial charge in [0.15, 0.2) is 5.58 Å². The van der Waals surface area contributed by atoms with Gasteiger partial charge < -0.3 is 14.6 Å². The molecule has 0 atom stereocenters. The zero-order chi connectivity index (χ0) is 17.9. The number of anilines is 2. The molecular weight excluding hydrogens is 330 g/mol. The number of benzene rings is 2. The third-order valence-electron chi connectivity index (χ3n) is 4.19. The van der Waals surface area contributed by atoms with Gasteiger partial charge in [-0.3, -0.25) is 9.59 Å². The second-order valence-corrected chi connectivity index (χ2v) is 6.04. The average Bonchev–Trinajstić information content (AvgIpc) is 3.25. The van der Waals surface area contributed by atoms with Gasteiger partial charge in [-0.15, -0.1) is 0 Å². The zero-order valence-electron chi connectivity index (χ0n) is 14.0. The molecule has 6 nitrogen and oxygen atoms in total. The number of para-hydroxylation sites is 2. The standard InChI is InChI=1S/C20H17N3O3/c24-18(10-11-19-22-16-7-1-2-8-17(16)26-19)21-14-5-3-6-15(13-14)23-12-4-9-20(23)25/h1-3,5-8,10-11,13H,4,9,12H2,(H,21,24)/b11-10+. The maximum Gasteiger partial charge on any atom is 0.248 e. The van der Waals surface area contributed by atoms with Gasteiger partial charge >= 0.3 is 0 Å². The fraction of sp³-hybridized carbons (Fsp3) is 0.150. The van der Waals surface area contributed by atoms with Gasteiger partial charge in [0.25, 0.3) is 0 Å². The van der Waals surface area contributed by atoms with Crippen LogP contribution in [0.2, 0.25) is 0 Å². The van der Waals surface area contributed by atoms with Crippen molar-refractivity contribution in [1.82, 2.24) is 4.98 Å². The molecule has 3 aromatic rings. The zero-order valence-corrected chi connectivity index (χ0v) is 14.0. The number of nitrogens with zero attached hydrogens (tertiary/aromatic N) is 2. The molecule has 1 fully saturated rings. The molecule has 0 radical (unpaired) electrons. The summed E-state index contributed by atoms with van der Waals surface area (Å²) in [6, 6.07) is 14.7. The van der Waals surface area contributed by atoms with Crippen LogP contribution in [0.1, 0.15) is 18.7 Å². The Bertz CT molecular complexity index is 973. The molecule has 2 amide bonds. The van der Waals surface area contributed by atoms with Gasteiger partial charge in [0.1, 0.15) is 5.52 Å². The number of amides is 2. The summed E-state index contributed by atoms with van der Waals surface area (Å²) in [5.41, 5.74) is 2.86. The van der Waals surface area contributed by atoms with Gasteiger partial charge in [0.05, 0.1) is 0 Å². The van der Waals surface area contributed by atoms with E-state index in [1.54, 1.807) is 17.0 Å². The summed E-state index contributed by atoms with van der Waals surface area (Å²) in [4.78, 5) is 30.0. The van der Waals surface area contributed by atoms with Gasteiger partial charge in [-0.1, -0.05) is 18.2 Å². The minimum Gasteiger partial charge on any atom is -0.437 e. The van der Waals surface area contributed by atoms with Gasteiger partial charge in [0.2, 0.25) is 17.7 Å². The van der Waals surface area contributed by atoms with Crippen LogP contribution in [0, 0.1) is 0 Å². The number of nitrogens with one attached hydrogen (secondary N) is 1. The van der Waals surface area contributed by atoms with Gasteiger partial charge in [-0.25, -0.2) is 4.98 Å². The van der Waals surface area contributed by atoms with Crippen LogP contribution < -0.4 is 10.2 Å². The van der Waals surface area contributed by atoms with E-state index in [4.69, 9.17) is 4.42 Å². The number of rotatable bonds is 4. The molecule has 2 heterocycles. The second kappa shape index (κ2) is 6.84. The summed E-state index contributed by atoms with van der Waals surface area (Å²) < 4.78 is 5.54. The lowest BCUT2D eigenvalue weighted by molar-refractivity contribution is -0.117. The molecule has 0 bridgehead atoms. The summed E-state index contributed by atoms with van der Waals surface area (Å²) in [5.74, 6) is 0.194. The Balaban J connectivity index is 1.45. The smallest absolute Gasteiger partial charge is 0.248 e. The number of oxazole rings is 1. The first kappa shape index (κ1) is 16.1. The van der Waals surface area contributed by atoms with Crippen LogP contribution in [-0.4, -0.2) is 23.3 Å². The van der Waals surface area contributed by atoms with E-state index in [9.17, 15) is 9.59 Å². The lowest BCUT2D eigenvalue weighted by Gasteiger charge is -2.16. The van der Waals surface area contributed by atoms with E-state index in [0.717, 1.165) is 17.6 Å². The number of carbonyl (C=O) groups is 2. The van der Waals surface area contributed by atoms with Gasteiger partial charge in [0, 0.05) is 36.5 Å². The minimum absolute atomic E-state index is 0.115. The summed E-state index contributed by atoms with van der Waals surface area (Å²) in [6.45, 7) is 0.716. The van der Waals surface area contributed by atoms with Crippen molar-refractivity contribution in [2.24, 2.45) is 0 Å². The first-order chi connectivity index (χ1) is 12.7. The van der Waals surface area contributed by atoms with E-state index in [2.05, 4.69) is 10.3 Å². The van der Waals surface area contributed by atoms with Crippen LogP contribution in [0.3, 0.4) is 0 Å². The summed E-state index contributed by atoms with van der Waals surface area (Å²) in [6.07, 6.45) is 4.34. The maximum absolute atomic E-state index is 12.1. The lowest BCUT2D eigenvalue weighted by Crippen LogP contribution is -2.23. The highest BCUT2D eigenvalue weighted by atomic mass is 16.3. The summed E-state index contributed by atoms with van der Waals surface area (Å²) in [7, 11) is 0. The SMILES string of the molecule is O=C(/C=C/c1nc2ccccc2o1)Nc1cccc(N2CCCC2=O)c1. The number of hydrogen-bond acceptors (Lipinski definition) is 4. The molecule has 1 aliphatic heterocycles. The Morgan fingerprint density at radius 2 is 2.08 bits per heavy atom. The van der Waals surface area contributed by atoms with E-state index in [0.29, 0.717) is 30.1 Å². The van der Waals surface area contributed by atoms with Gasteiger partial charge in [-0.05, 0) is 36.8 Å². The Morgan fingerprint density at radius 1 is 1.19 bits per heavy atom. The quantitative estimate of drug-likeness (QED) is 0.732. The number of hydrogen-bond donors (Lipinski definition) is 1. The van der Waals surface area contributed by atoms with E-state index >= 15 is 0 Å². The predicted octanol–water partition coefficient (Wildman–Crippen LogP) is 3.61. The maximum atomic E-state index is 12.1. The second-order valence-electron chi connectivity index (χ2n) is 6.04. The average molecular weight is 347 g/mol. The van der Waals surface area contributed by atoms with Crippen LogP contribution in [0.5, 0.6) is 0 Å². The molecule has 0 unspecified atom stereocenters. The van der Waals surface area contributed by atoms with Crippen LogP contribution in [0.15, 0.2) is 59.0 Å². The Kier molecular flexibility index (Phi) is 4.23. The molecule has 1 aliphatic rings. The molecule has 4 rings (SSSR count). The molecule has 26 heavy (non-hydrogen) atoms. The summed E-state index contributed by atoms with van der Waals surface area (Å²) in [5, 5.41) is 2.79. The normalized spacial score (nSPS) is 14.5. The minimum atomic E-state index is -0.294. The monoisotopic (exact) mass is 347 g/mol. The number of aromatic nitrogens is 1. The third kappa shape index (κ3) is 3.35.